The van der Waals surface area contributed by atoms with E-state index in [0.29, 0.717) is 13.1 Å². The van der Waals surface area contributed by atoms with Crippen molar-refractivity contribution in [3.63, 3.8) is 0 Å². The molecular formula is C22H21BrClN3O2. The van der Waals surface area contributed by atoms with Crippen LogP contribution >= 0.6 is 27.5 Å². The number of rotatable bonds is 1. The summed E-state index contributed by atoms with van der Waals surface area (Å²) in [4.78, 5) is 13.7. The highest BCUT2D eigenvalue weighted by Gasteiger charge is 2.52. The maximum atomic E-state index is 11.8. The molecule has 5 rings (SSSR count). The van der Waals surface area contributed by atoms with Crippen LogP contribution in [0.1, 0.15) is 43.4 Å². The van der Waals surface area contributed by atoms with E-state index in [1.54, 1.807) is 6.92 Å². The summed E-state index contributed by atoms with van der Waals surface area (Å²) < 4.78 is 7.63. The van der Waals surface area contributed by atoms with Gasteiger partial charge in [-0.05, 0) is 35.9 Å². The second-order valence-electron chi connectivity index (χ2n) is 7.85. The summed E-state index contributed by atoms with van der Waals surface area (Å²) in [5.41, 5.74) is 2.74. The van der Waals surface area contributed by atoms with Crippen molar-refractivity contribution in [2.45, 2.75) is 38.0 Å². The third-order valence-electron chi connectivity index (χ3n) is 6.13. The van der Waals surface area contributed by atoms with Gasteiger partial charge in [-0.1, -0.05) is 39.7 Å². The molecular weight excluding hydrogens is 454 g/mol. The minimum absolute atomic E-state index is 0.114. The standard InChI is InChI=1S/C22H21BrClN3O2/c1-14(28)26-10-8-22(9-11-26)27-20(18-12-16(23)4-7-21(18)29-22)13-19(25-27)15-2-5-17(24)6-3-15/h2-7,12,20H,8-11,13H2,1H3/t20-/m0/s1. The Morgan fingerprint density at radius 2 is 1.93 bits per heavy atom. The zero-order valence-electron chi connectivity index (χ0n) is 16.1. The Labute approximate surface area is 183 Å². The molecule has 1 amide bonds. The summed E-state index contributed by atoms with van der Waals surface area (Å²) in [6.45, 7) is 2.98. The van der Waals surface area contributed by atoms with Crippen molar-refractivity contribution < 1.29 is 9.53 Å². The number of halogens is 2. The fraction of sp³-hybridized carbons (Fsp3) is 0.364. The van der Waals surface area contributed by atoms with Crippen LogP contribution in [0.25, 0.3) is 0 Å². The molecule has 3 aliphatic rings. The minimum atomic E-state index is -0.522. The highest BCUT2D eigenvalue weighted by Crippen LogP contribution is 2.50. The fourth-order valence-electron chi connectivity index (χ4n) is 4.57. The molecule has 0 radical (unpaired) electrons. The van der Waals surface area contributed by atoms with Crippen LogP contribution in [0.3, 0.4) is 0 Å². The molecule has 5 nitrogen and oxygen atoms in total. The van der Waals surface area contributed by atoms with Crippen molar-refractivity contribution in [3.8, 4) is 5.75 Å². The molecule has 0 unspecified atom stereocenters. The second-order valence-corrected chi connectivity index (χ2v) is 9.21. The largest absolute Gasteiger partial charge is 0.466 e. The quantitative estimate of drug-likeness (QED) is 0.585. The number of ether oxygens (including phenoxy) is 1. The van der Waals surface area contributed by atoms with E-state index in [2.05, 4.69) is 27.0 Å². The summed E-state index contributed by atoms with van der Waals surface area (Å²) in [5, 5.41) is 7.92. The first-order valence-electron chi connectivity index (χ1n) is 9.82. The highest BCUT2D eigenvalue weighted by atomic mass is 79.9. The zero-order valence-corrected chi connectivity index (χ0v) is 18.4. The first-order valence-corrected chi connectivity index (χ1v) is 11.0. The van der Waals surface area contributed by atoms with Gasteiger partial charge in [0.15, 0.2) is 0 Å². The Morgan fingerprint density at radius 1 is 1.21 bits per heavy atom. The number of carbonyl (C=O) groups excluding carboxylic acids is 1. The Morgan fingerprint density at radius 3 is 2.62 bits per heavy atom. The number of piperidine rings is 1. The van der Waals surface area contributed by atoms with Gasteiger partial charge in [-0.15, -0.1) is 0 Å². The van der Waals surface area contributed by atoms with Gasteiger partial charge >= 0.3 is 0 Å². The van der Waals surface area contributed by atoms with Crippen molar-refractivity contribution in [1.82, 2.24) is 9.91 Å². The van der Waals surface area contributed by atoms with Crippen molar-refractivity contribution >= 4 is 39.1 Å². The van der Waals surface area contributed by atoms with Gasteiger partial charge in [-0.2, -0.15) is 5.10 Å². The van der Waals surface area contributed by atoms with E-state index < -0.39 is 5.72 Å². The van der Waals surface area contributed by atoms with Gasteiger partial charge in [0.25, 0.3) is 0 Å². The van der Waals surface area contributed by atoms with Crippen LogP contribution in [0.2, 0.25) is 5.02 Å². The Balaban J connectivity index is 1.55. The molecule has 7 heteroatoms. The Bertz CT molecular complexity index is 1000. The summed E-state index contributed by atoms with van der Waals surface area (Å²) >= 11 is 9.67. The van der Waals surface area contributed by atoms with E-state index in [9.17, 15) is 4.79 Å². The lowest BCUT2D eigenvalue weighted by Crippen LogP contribution is -2.59. The van der Waals surface area contributed by atoms with Crippen LogP contribution in [0.4, 0.5) is 0 Å². The lowest BCUT2D eigenvalue weighted by molar-refractivity contribution is -0.158. The van der Waals surface area contributed by atoms with Crippen molar-refractivity contribution in [1.29, 1.82) is 0 Å². The third kappa shape index (κ3) is 3.22. The average Bonchev–Trinajstić information content (AvgIpc) is 3.16. The number of benzene rings is 2. The molecule has 0 aromatic heterocycles. The van der Waals surface area contributed by atoms with Gasteiger partial charge in [-0.3, -0.25) is 4.79 Å². The second kappa shape index (κ2) is 7.03. The van der Waals surface area contributed by atoms with Crippen LogP contribution < -0.4 is 4.74 Å². The monoisotopic (exact) mass is 473 g/mol. The molecule has 1 fully saturated rings. The lowest BCUT2D eigenvalue weighted by Gasteiger charge is -2.51. The number of nitrogens with zero attached hydrogens (tertiary/aromatic N) is 3. The number of hydrogen-bond donors (Lipinski definition) is 0. The van der Waals surface area contributed by atoms with Crippen LogP contribution in [0, 0.1) is 0 Å². The van der Waals surface area contributed by atoms with Crippen LogP contribution in [-0.4, -0.2) is 40.3 Å². The number of likely N-dealkylation sites (tertiary alicyclic amines) is 1. The summed E-state index contributed by atoms with van der Waals surface area (Å²) in [6, 6.07) is 14.1. The van der Waals surface area contributed by atoms with Gasteiger partial charge in [0.1, 0.15) is 5.75 Å². The molecule has 0 saturated carbocycles. The van der Waals surface area contributed by atoms with Crippen molar-refractivity contribution in [2.24, 2.45) is 5.10 Å². The smallest absolute Gasteiger partial charge is 0.219 e. The molecule has 1 spiro atoms. The zero-order chi connectivity index (χ0) is 20.2. The molecule has 3 heterocycles. The predicted molar refractivity (Wildman–Crippen MR) is 116 cm³/mol. The normalized spacial score (nSPS) is 22.0. The summed E-state index contributed by atoms with van der Waals surface area (Å²) in [7, 11) is 0. The van der Waals surface area contributed by atoms with E-state index in [1.807, 2.05) is 41.3 Å². The van der Waals surface area contributed by atoms with E-state index in [-0.39, 0.29) is 11.9 Å². The van der Waals surface area contributed by atoms with Crippen molar-refractivity contribution in [3.05, 3.63) is 63.1 Å². The van der Waals surface area contributed by atoms with Crippen LogP contribution in [0.15, 0.2) is 52.0 Å². The minimum Gasteiger partial charge on any atom is -0.466 e. The topological polar surface area (TPSA) is 45.1 Å². The van der Waals surface area contributed by atoms with Gasteiger partial charge < -0.3 is 9.64 Å². The van der Waals surface area contributed by atoms with E-state index in [0.717, 1.165) is 51.3 Å². The maximum Gasteiger partial charge on any atom is 0.219 e. The molecule has 0 aliphatic carbocycles. The van der Waals surface area contributed by atoms with E-state index in [1.165, 1.54) is 0 Å². The fourth-order valence-corrected chi connectivity index (χ4v) is 5.08. The summed E-state index contributed by atoms with van der Waals surface area (Å²) in [5.74, 6) is 1.03. The van der Waals surface area contributed by atoms with Gasteiger partial charge in [0.2, 0.25) is 11.6 Å². The van der Waals surface area contributed by atoms with E-state index in [4.69, 9.17) is 21.4 Å². The van der Waals surface area contributed by atoms with Gasteiger partial charge in [0.05, 0.1) is 11.8 Å². The molecule has 2 aromatic carbocycles. The number of carbonyl (C=O) groups is 1. The van der Waals surface area contributed by atoms with E-state index >= 15 is 0 Å². The molecule has 29 heavy (non-hydrogen) atoms. The molecule has 1 saturated heterocycles. The summed E-state index contributed by atoms with van der Waals surface area (Å²) in [6.07, 6.45) is 2.28. The lowest BCUT2D eigenvalue weighted by atomic mass is 9.90. The Kier molecular flexibility index (Phi) is 4.59. The first-order chi connectivity index (χ1) is 13.9. The molecule has 2 aromatic rings. The molecule has 150 valence electrons. The maximum absolute atomic E-state index is 11.8. The van der Waals surface area contributed by atoms with Gasteiger partial charge in [0, 0.05) is 54.3 Å². The molecule has 0 bridgehead atoms. The number of fused-ring (bicyclic) bond motifs is 4. The predicted octanol–water partition coefficient (Wildman–Crippen LogP) is 4.98. The molecule has 0 N–H and O–H groups in total. The number of hydrogen-bond acceptors (Lipinski definition) is 4. The number of amides is 1. The highest BCUT2D eigenvalue weighted by molar-refractivity contribution is 9.10. The molecule has 3 aliphatic heterocycles. The SMILES string of the molecule is CC(=O)N1CCC2(CC1)Oc1ccc(Br)cc1[C@@H]1CC(c3ccc(Cl)cc3)=NN12. The average molecular weight is 475 g/mol. The van der Waals surface area contributed by atoms with Crippen molar-refractivity contribution in [2.75, 3.05) is 13.1 Å². The molecule has 1 atom stereocenters. The van der Waals surface area contributed by atoms with Crippen LogP contribution in [0.5, 0.6) is 5.75 Å². The first kappa shape index (κ1) is 18.9. The third-order valence-corrected chi connectivity index (χ3v) is 6.87. The Hall–Kier alpha value is -2.05. The number of hydrazone groups is 1. The van der Waals surface area contributed by atoms with Crippen LogP contribution in [-0.2, 0) is 4.79 Å². The van der Waals surface area contributed by atoms with Gasteiger partial charge in [-0.25, -0.2) is 5.01 Å².